The SMILES string of the molecule is CN1CCCOC(COc2ccc(-c3nccc(CO[Si](C)(C)C(C)(C)C)n3)cc2)C1. The average molecular weight is 444 g/mol. The van der Waals surface area contributed by atoms with Crippen molar-refractivity contribution in [2.24, 2.45) is 0 Å². The van der Waals surface area contributed by atoms with Crippen molar-refractivity contribution in [1.29, 1.82) is 0 Å². The summed E-state index contributed by atoms with van der Waals surface area (Å²) in [4.78, 5) is 11.5. The first-order chi connectivity index (χ1) is 14.6. The lowest BCUT2D eigenvalue weighted by atomic mass is 10.2. The maximum absolute atomic E-state index is 6.31. The highest BCUT2D eigenvalue weighted by atomic mass is 28.4. The topological polar surface area (TPSA) is 56.7 Å². The molecule has 0 spiro atoms. The summed E-state index contributed by atoms with van der Waals surface area (Å²) in [6.45, 7) is 15.1. The largest absolute Gasteiger partial charge is 0.491 e. The molecule has 31 heavy (non-hydrogen) atoms. The molecule has 1 atom stereocenters. The minimum absolute atomic E-state index is 0.105. The first-order valence-corrected chi connectivity index (χ1v) is 14.0. The number of aromatic nitrogens is 2. The van der Waals surface area contributed by atoms with Crippen molar-refractivity contribution < 1.29 is 13.9 Å². The van der Waals surface area contributed by atoms with Gasteiger partial charge in [-0.25, -0.2) is 9.97 Å². The third kappa shape index (κ3) is 6.84. The van der Waals surface area contributed by atoms with E-state index in [9.17, 15) is 0 Å². The molecule has 0 saturated carbocycles. The van der Waals surface area contributed by atoms with Crippen LogP contribution in [0.25, 0.3) is 11.4 Å². The van der Waals surface area contributed by atoms with Gasteiger partial charge >= 0.3 is 0 Å². The second kappa shape index (κ2) is 10.2. The first-order valence-electron chi connectivity index (χ1n) is 11.1. The molecule has 3 rings (SSSR count). The summed E-state index contributed by atoms with van der Waals surface area (Å²) >= 11 is 0. The van der Waals surface area contributed by atoms with Crippen molar-refractivity contribution in [2.45, 2.75) is 58.0 Å². The van der Waals surface area contributed by atoms with Crippen LogP contribution >= 0.6 is 0 Å². The fraction of sp³-hybridized carbons (Fsp3) is 0.583. The van der Waals surface area contributed by atoms with E-state index in [0.29, 0.717) is 19.0 Å². The molecule has 1 unspecified atom stereocenters. The second-order valence-electron chi connectivity index (χ2n) is 9.86. The van der Waals surface area contributed by atoms with E-state index in [1.54, 1.807) is 6.20 Å². The Morgan fingerprint density at radius 1 is 1.16 bits per heavy atom. The zero-order valence-electron chi connectivity index (χ0n) is 19.9. The molecule has 0 amide bonds. The molecule has 1 fully saturated rings. The summed E-state index contributed by atoms with van der Waals surface area (Å²) < 4.78 is 18.1. The van der Waals surface area contributed by atoms with Crippen LogP contribution in [-0.2, 0) is 15.8 Å². The lowest BCUT2D eigenvalue weighted by molar-refractivity contribution is 0.0234. The number of rotatable bonds is 7. The van der Waals surface area contributed by atoms with Crippen LogP contribution in [-0.4, -0.2) is 62.6 Å². The number of hydrogen-bond donors (Lipinski definition) is 0. The van der Waals surface area contributed by atoms with Crippen LogP contribution in [0.4, 0.5) is 0 Å². The molecule has 0 radical (unpaired) electrons. The molecule has 0 bridgehead atoms. The Kier molecular flexibility index (Phi) is 7.86. The molecule has 170 valence electrons. The smallest absolute Gasteiger partial charge is 0.192 e. The molecule has 1 aromatic heterocycles. The Morgan fingerprint density at radius 3 is 2.61 bits per heavy atom. The third-order valence-electron chi connectivity index (χ3n) is 6.20. The van der Waals surface area contributed by atoms with E-state index < -0.39 is 8.32 Å². The molecule has 6 nitrogen and oxygen atoms in total. The minimum Gasteiger partial charge on any atom is -0.491 e. The quantitative estimate of drug-likeness (QED) is 0.575. The van der Waals surface area contributed by atoms with E-state index in [1.165, 1.54) is 0 Å². The van der Waals surface area contributed by atoms with Crippen molar-refractivity contribution in [2.75, 3.05) is 33.4 Å². The summed E-state index contributed by atoms with van der Waals surface area (Å²) in [5, 5.41) is 0.176. The number of likely N-dealkylation sites (N-methyl/N-ethyl adjacent to an activating group) is 1. The van der Waals surface area contributed by atoms with Crippen LogP contribution in [0.5, 0.6) is 5.75 Å². The summed E-state index contributed by atoms with van der Waals surface area (Å²) in [5.74, 6) is 1.54. The fourth-order valence-corrected chi connectivity index (χ4v) is 4.09. The van der Waals surface area contributed by atoms with Gasteiger partial charge in [-0.2, -0.15) is 0 Å². The van der Waals surface area contributed by atoms with Crippen LogP contribution in [0.2, 0.25) is 18.1 Å². The second-order valence-corrected chi connectivity index (χ2v) is 14.7. The third-order valence-corrected chi connectivity index (χ3v) is 10.7. The van der Waals surface area contributed by atoms with Gasteiger partial charge in [-0.05, 0) is 61.9 Å². The molecule has 2 aromatic rings. The lowest BCUT2D eigenvalue weighted by Gasteiger charge is -2.36. The Labute approximate surface area is 188 Å². The molecular formula is C24H37N3O3Si. The summed E-state index contributed by atoms with van der Waals surface area (Å²) in [5.41, 5.74) is 1.87. The van der Waals surface area contributed by atoms with Gasteiger partial charge in [-0.3, -0.25) is 0 Å². The normalized spacial score (nSPS) is 18.6. The van der Waals surface area contributed by atoms with E-state index in [1.807, 2.05) is 30.3 Å². The molecule has 1 aliphatic heterocycles. The Hall–Kier alpha value is -1.80. The van der Waals surface area contributed by atoms with Gasteiger partial charge in [0.2, 0.25) is 0 Å². The maximum atomic E-state index is 6.31. The van der Waals surface area contributed by atoms with Crippen molar-refractivity contribution in [1.82, 2.24) is 14.9 Å². The van der Waals surface area contributed by atoms with E-state index in [-0.39, 0.29) is 11.1 Å². The summed E-state index contributed by atoms with van der Waals surface area (Å²) in [7, 11) is 0.314. The van der Waals surface area contributed by atoms with E-state index in [2.05, 4.69) is 50.8 Å². The van der Waals surface area contributed by atoms with Gasteiger partial charge in [0, 0.05) is 31.5 Å². The molecule has 0 aliphatic carbocycles. The van der Waals surface area contributed by atoms with E-state index >= 15 is 0 Å². The van der Waals surface area contributed by atoms with Crippen molar-refractivity contribution in [3.63, 3.8) is 0 Å². The highest BCUT2D eigenvalue weighted by molar-refractivity contribution is 6.74. The van der Waals surface area contributed by atoms with Crippen molar-refractivity contribution in [3.8, 4) is 17.1 Å². The molecule has 1 aromatic carbocycles. The summed E-state index contributed by atoms with van der Waals surface area (Å²) in [6, 6.07) is 9.88. The average Bonchev–Trinajstić information content (AvgIpc) is 2.94. The fourth-order valence-electron chi connectivity index (χ4n) is 3.15. The zero-order valence-corrected chi connectivity index (χ0v) is 20.9. The first kappa shape index (κ1) is 23.9. The standard InChI is InChI=1S/C24H37N3O3Si/c1-24(2,3)31(5,6)30-17-20-12-13-25-23(26-20)19-8-10-21(11-9-19)29-18-22-16-27(4)14-7-15-28-22/h8-13,22H,7,14-18H2,1-6H3. The number of hydrogen-bond acceptors (Lipinski definition) is 6. The molecule has 1 aliphatic rings. The van der Waals surface area contributed by atoms with Crippen LogP contribution < -0.4 is 4.74 Å². The lowest BCUT2D eigenvalue weighted by Crippen LogP contribution is -2.40. The molecule has 2 heterocycles. The van der Waals surface area contributed by atoms with Gasteiger partial charge in [0.05, 0.1) is 12.3 Å². The number of benzene rings is 1. The van der Waals surface area contributed by atoms with Crippen molar-refractivity contribution in [3.05, 3.63) is 42.2 Å². The Morgan fingerprint density at radius 2 is 1.90 bits per heavy atom. The van der Waals surface area contributed by atoms with Crippen molar-refractivity contribution >= 4 is 8.32 Å². The van der Waals surface area contributed by atoms with Gasteiger partial charge in [0.25, 0.3) is 0 Å². The van der Waals surface area contributed by atoms with E-state index in [4.69, 9.17) is 18.9 Å². The maximum Gasteiger partial charge on any atom is 0.192 e. The molecule has 0 N–H and O–H groups in total. The van der Waals surface area contributed by atoms with Crippen LogP contribution in [0.15, 0.2) is 36.5 Å². The van der Waals surface area contributed by atoms with E-state index in [0.717, 1.165) is 43.1 Å². The molecular weight excluding hydrogens is 406 g/mol. The van der Waals surface area contributed by atoms with Gasteiger partial charge in [-0.15, -0.1) is 0 Å². The van der Waals surface area contributed by atoms with Crippen LogP contribution in [0.3, 0.4) is 0 Å². The monoisotopic (exact) mass is 443 g/mol. The van der Waals surface area contributed by atoms with Gasteiger partial charge < -0.3 is 18.8 Å². The molecule has 1 saturated heterocycles. The Balaban J connectivity index is 1.59. The predicted molar refractivity (Wildman–Crippen MR) is 127 cm³/mol. The van der Waals surface area contributed by atoms with Gasteiger partial charge in [0.15, 0.2) is 14.1 Å². The van der Waals surface area contributed by atoms with Gasteiger partial charge in [0.1, 0.15) is 18.5 Å². The van der Waals surface area contributed by atoms with Crippen LogP contribution in [0.1, 0.15) is 32.9 Å². The summed E-state index contributed by atoms with van der Waals surface area (Å²) in [6.07, 6.45) is 2.98. The number of nitrogens with zero attached hydrogens (tertiary/aromatic N) is 3. The van der Waals surface area contributed by atoms with Crippen LogP contribution in [0, 0.1) is 0 Å². The van der Waals surface area contributed by atoms with Gasteiger partial charge in [-0.1, -0.05) is 20.8 Å². The number of ether oxygens (including phenoxy) is 2. The Bertz CT molecular complexity index is 837. The highest BCUT2D eigenvalue weighted by Crippen LogP contribution is 2.37. The predicted octanol–water partition coefficient (Wildman–Crippen LogP) is 4.76. The zero-order chi connectivity index (χ0) is 22.5. The molecule has 7 heteroatoms. The minimum atomic E-state index is -1.81. The highest BCUT2D eigenvalue weighted by Gasteiger charge is 2.37.